The largest absolute Gasteiger partial charge is 0.278 e. The SMILES string of the molecule is O=[N+]([O-])c1ccccc1/C=N/c1ccc(SSc2ccc(/N=C/c3ccccc3[N+](=O)[O-])cc2)cc1. The first-order valence-corrected chi connectivity index (χ1v) is 12.7. The molecule has 4 aromatic carbocycles. The smallest absolute Gasteiger partial charge is 0.258 e. The van der Waals surface area contributed by atoms with E-state index in [4.69, 9.17) is 0 Å². The summed E-state index contributed by atoms with van der Waals surface area (Å²) in [6, 6.07) is 28.1. The molecule has 0 radical (unpaired) electrons. The lowest BCUT2D eigenvalue weighted by atomic mass is 10.2. The molecule has 4 rings (SSSR count). The zero-order valence-corrected chi connectivity index (χ0v) is 20.3. The number of benzene rings is 4. The zero-order valence-electron chi connectivity index (χ0n) is 18.6. The quantitative estimate of drug-likeness (QED) is 0.0975. The second kappa shape index (κ2) is 11.9. The van der Waals surface area contributed by atoms with E-state index in [-0.39, 0.29) is 11.4 Å². The van der Waals surface area contributed by atoms with Crippen molar-refractivity contribution in [1.82, 2.24) is 0 Å². The zero-order chi connectivity index (χ0) is 25.3. The third-order valence-electron chi connectivity index (χ3n) is 4.88. The number of nitrogens with zero attached hydrogens (tertiary/aromatic N) is 4. The molecule has 0 atom stereocenters. The predicted octanol–water partition coefficient (Wildman–Crippen LogP) is 7.80. The Kier molecular flexibility index (Phi) is 8.22. The van der Waals surface area contributed by atoms with E-state index in [1.807, 2.05) is 48.5 Å². The minimum atomic E-state index is -0.424. The third kappa shape index (κ3) is 6.65. The average molecular weight is 515 g/mol. The van der Waals surface area contributed by atoms with Gasteiger partial charge in [-0.3, -0.25) is 30.2 Å². The fraction of sp³-hybridized carbons (Fsp3) is 0. The van der Waals surface area contributed by atoms with Crippen LogP contribution >= 0.6 is 21.6 Å². The van der Waals surface area contributed by atoms with Crippen molar-refractivity contribution < 1.29 is 9.85 Å². The van der Waals surface area contributed by atoms with Gasteiger partial charge < -0.3 is 0 Å². The van der Waals surface area contributed by atoms with Crippen molar-refractivity contribution in [2.75, 3.05) is 0 Å². The lowest BCUT2D eigenvalue weighted by Gasteiger charge is -2.03. The van der Waals surface area contributed by atoms with Crippen molar-refractivity contribution in [2.24, 2.45) is 9.98 Å². The van der Waals surface area contributed by atoms with E-state index in [2.05, 4.69) is 9.98 Å². The maximum atomic E-state index is 11.1. The summed E-state index contributed by atoms with van der Waals surface area (Å²) in [7, 11) is 3.17. The molecule has 178 valence electrons. The highest BCUT2D eigenvalue weighted by Gasteiger charge is 2.11. The van der Waals surface area contributed by atoms with Crippen LogP contribution in [-0.2, 0) is 0 Å². The lowest BCUT2D eigenvalue weighted by molar-refractivity contribution is -0.385. The molecule has 8 nitrogen and oxygen atoms in total. The van der Waals surface area contributed by atoms with Crippen molar-refractivity contribution in [3.8, 4) is 0 Å². The van der Waals surface area contributed by atoms with Gasteiger partial charge >= 0.3 is 0 Å². The van der Waals surface area contributed by atoms with Crippen LogP contribution in [0.25, 0.3) is 0 Å². The van der Waals surface area contributed by atoms with E-state index in [1.165, 1.54) is 24.6 Å². The number of aliphatic imine (C=N–C) groups is 2. The number of rotatable bonds is 9. The summed E-state index contributed by atoms with van der Waals surface area (Å²) in [6.07, 6.45) is 2.99. The molecule has 0 heterocycles. The number of nitro benzene ring substituents is 2. The number of hydrogen-bond donors (Lipinski definition) is 0. The topological polar surface area (TPSA) is 111 Å². The van der Waals surface area contributed by atoms with Gasteiger partial charge in [0.2, 0.25) is 0 Å². The molecular weight excluding hydrogens is 496 g/mol. The summed E-state index contributed by atoms with van der Waals surface area (Å²) in [5.41, 5.74) is 2.33. The molecule has 0 aliphatic carbocycles. The molecule has 0 aliphatic rings. The van der Waals surface area contributed by atoms with E-state index in [1.54, 1.807) is 58.0 Å². The van der Waals surface area contributed by atoms with Crippen molar-refractivity contribution in [2.45, 2.75) is 9.79 Å². The summed E-state index contributed by atoms with van der Waals surface area (Å²) >= 11 is 0. The number of hydrogen-bond acceptors (Lipinski definition) is 8. The highest BCUT2D eigenvalue weighted by molar-refractivity contribution is 8.76. The highest BCUT2D eigenvalue weighted by Crippen LogP contribution is 2.38. The maximum Gasteiger partial charge on any atom is 0.278 e. The van der Waals surface area contributed by atoms with Crippen LogP contribution in [0.1, 0.15) is 11.1 Å². The molecule has 0 aliphatic heterocycles. The van der Waals surface area contributed by atoms with Gasteiger partial charge in [0.25, 0.3) is 11.4 Å². The average Bonchev–Trinajstić information content (AvgIpc) is 2.91. The van der Waals surface area contributed by atoms with Gasteiger partial charge in [0.05, 0.1) is 32.3 Å². The van der Waals surface area contributed by atoms with Crippen LogP contribution in [0.4, 0.5) is 22.7 Å². The molecule has 4 aromatic rings. The molecule has 0 amide bonds. The summed E-state index contributed by atoms with van der Waals surface area (Å²) in [5, 5.41) is 22.2. The van der Waals surface area contributed by atoms with Crippen LogP contribution in [0.2, 0.25) is 0 Å². The molecule has 0 N–H and O–H groups in total. The predicted molar refractivity (Wildman–Crippen MR) is 145 cm³/mol. The first-order chi connectivity index (χ1) is 17.5. The molecule has 0 spiro atoms. The molecule has 36 heavy (non-hydrogen) atoms. The minimum absolute atomic E-state index is 0.0166. The van der Waals surface area contributed by atoms with E-state index >= 15 is 0 Å². The second-order valence-electron chi connectivity index (χ2n) is 7.30. The van der Waals surface area contributed by atoms with Gasteiger partial charge in [-0.1, -0.05) is 45.9 Å². The van der Waals surface area contributed by atoms with E-state index in [0.29, 0.717) is 22.5 Å². The van der Waals surface area contributed by atoms with Crippen LogP contribution < -0.4 is 0 Å². The molecule has 0 saturated carbocycles. The molecule has 0 saturated heterocycles. The number of nitro groups is 2. The van der Waals surface area contributed by atoms with Crippen LogP contribution in [0.15, 0.2) is 117 Å². The van der Waals surface area contributed by atoms with Gasteiger partial charge in [-0.2, -0.15) is 0 Å². The van der Waals surface area contributed by atoms with Gasteiger partial charge in [0.15, 0.2) is 0 Å². The summed E-state index contributed by atoms with van der Waals surface area (Å²) < 4.78 is 0. The molecule has 10 heteroatoms. The van der Waals surface area contributed by atoms with Crippen LogP contribution in [0, 0.1) is 20.2 Å². The molecule has 0 fully saturated rings. The van der Waals surface area contributed by atoms with Gasteiger partial charge in [-0.05, 0) is 60.7 Å². The Morgan fingerprint density at radius 3 is 1.28 bits per heavy atom. The van der Waals surface area contributed by atoms with Gasteiger partial charge in [-0.25, -0.2) is 0 Å². The number of para-hydroxylation sites is 2. The Labute approximate surface area is 214 Å². The summed E-state index contributed by atoms with van der Waals surface area (Å²) in [4.78, 5) is 32.1. The van der Waals surface area contributed by atoms with Crippen LogP contribution in [0.3, 0.4) is 0 Å². The lowest BCUT2D eigenvalue weighted by Crippen LogP contribution is -1.93. The van der Waals surface area contributed by atoms with Gasteiger partial charge in [0.1, 0.15) is 0 Å². The van der Waals surface area contributed by atoms with Crippen LogP contribution in [-0.4, -0.2) is 22.3 Å². The van der Waals surface area contributed by atoms with E-state index < -0.39 is 9.85 Å². The Hall–Kier alpha value is -4.28. The molecule has 0 bridgehead atoms. The van der Waals surface area contributed by atoms with Crippen LogP contribution in [0.5, 0.6) is 0 Å². The molecule has 0 aromatic heterocycles. The third-order valence-corrected chi connectivity index (χ3v) is 7.30. The Balaban J connectivity index is 1.34. The Bertz CT molecular complexity index is 1330. The highest BCUT2D eigenvalue weighted by atomic mass is 33.1. The van der Waals surface area contributed by atoms with Crippen molar-refractivity contribution in [1.29, 1.82) is 0 Å². The maximum absolute atomic E-state index is 11.1. The summed E-state index contributed by atoms with van der Waals surface area (Å²) in [6.45, 7) is 0. The Morgan fingerprint density at radius 2 is 0.917 bits per heavy atom. The standard InChI is InChI=1S/C26H18N4O4S2/c31-29(32)25-7-3-1-5-19(25)17-27-21-9-13-23(14-10-21)35-36-24-15-11-22(12-16-24)28-18-20-6-2-4-8-26(20)30(33)34/h1-18H/b27-17+,28-18+. The Morgan fingerprint density at radius 1 is 0.556 bits per heavy atom. The van der Waals surface area contributed by atoms with E-state index in [0.717, 1.165) is 9.79 Å². The van der Waals surface area contributed by atoms with Crippen molar-refractivity contribution in [3.63, 3.8) is 0 Å². The van der Waals surface area contributed by atoms with Crippen molar-refractivity contribution >= 4 is 56.8 Å². The van der Waals surface area contributed by atoms with E-state index in [9.17, 15) is 20.2 Å². The summed E-state index contributed by atoms with van der Waals surface area (Å²) in [5.74, 6) is 0. The monoisotopic (exact) mass is 514 g/mol. The van der Waals surface area contributed by atoms with Gasteiger partial charge in [0, 0.05) is 34.4 Å². The van der Waals surface area contributed by atoms with Gasteiger partial charge in [-0.15, -0.1) is 0 Å². The fourth-order valence-corrected chi connectivity index (χ4v) is 5.02. The first-order valence-electron chi connectivity index (χ1n) is 10.6. The molecular formula is C26H18N4O4S2. The second-order valence-corrected chi connectivity index (χ2v) is 9.58. The first kappa shape index (κ1) is 24.8. The molecule has 0 unspecified atom stereocenters. The normalized spacial score (nSPS) is 11.2. The van der Waals surface area contributed by atoms with Crippen molar-refractivity contribution in [3.05, 3.63) is 128 Å². The minimum Gasteiger partial charge on any atom is -0.258 e. The fourth-order valence-electron chi connectivity index (χ4n) is 3.09.